The van der Waals surface area contributed by atoms with Gasteiger partial charge < -0.3 is 10.6 Å². The average molecular weight is 206 g/mol. The van der Waals surface area contributed by atoms with E-state index in [9.17, 15) is 0 Å². The van der Waals surface area contributed by atoms with Crippen LogP contribution in [0.3, 0.4) is 0 Å². The second-order valence-electron chi connectivity index (χ2n) is 4.92. The lowest BCUT2D eigenvalue weighted by molar-refractivity contribution is 0.285. The molecule has 1 aromatic heterocycles. The normalized spacial score (nSPS) is 29.4. The Balaban J connectivity index is 1.55. The van der Waals surface area contributed by atoms with Gasteiger partial charge in [0, 0.05) is 19.6 Å². The molecule has 2 N–H and O–H groups in total. The van der Waals surface area contributed by atoms with Crippen LogP contribution in [0.2, 0.25) is 0 Å². The van der Waals surface area contributed by atoms with Gasteiger partial charge in [0.1, 0.15) is 0 Å². The van der Waals surface area contributed by atoms with Crippen LogP contribution in [-0.2, 0) is 6.54 Å². The minimum atomic E-state index is 0.805. The minimum Gasteiger partial charge on any atom is -0.396 e. The molecule has 1 saturated carbocycles. The van der Waals surface area contributed by atoms with Crippen molar-refractivity contribution in [1.29, 1.82) is 0 Å². The summed E-state index contributed by atoms with van der Waals surface area (Å²) >= 11 is 0. The molecule has 1 aliphatic carbocycles. The van der Waals surface area contributed by atoms with E-state index in [-0.39, 0.29) is 0 Å². The topological polar surface area (TPSA) is 47.1 Å². The number of aromatic nitrogens is 2. The molecule has 2 aliphatic rings. The molecule has 82 valence electrons. The van der Waals surface area contributed by atoms with E-state index in [1.54, 1.807) is 6.20 Å². The van der Waals surface area contributed by atoms with Crippen molar-refractivity contribution in [2.24, 2.45) is 11.8 Å². The van der Waals surface area contributed by atoms with Crippen molar-refractivity contribution in [1.82, 2.24) is 14.7 Å². The Morgan fingerprint density at radius 1 is 1.40 bits per heavy atom. The fraction of sp³-hybridized carbons (Fsp3) is 0.727. The van der Waals surface area contributed by atoms with Crippen LogP contribution in [0.4, 0.5) is 5.69 Å². The van der Waals surface area contributed by atoms with Gasteiger partial charge in [-0.05, 0) is 25.2 Å². The van der Waals surface area contributed by atoms with Crippen LogP contribution in [0.25, 0.3) is 0 Å². The fourth-order valence-corrected chi connectivity index (χ4v) is 2.60. The van der Waals surface area contributed by atoms with Crippen LogP contribution in [0.15, 0.2) is 6.20 Å². The molecule has 2 heterocycles. The predicted octanol–water partition coefficient (Wildman–Crippen LogP) is 0.725. The molecule has 0 radical (unpaired) electrons. The summed E-state index contributed by atoms with van der Waals surface area (Å²) in [4.78, 5) is 2.55. The molecular formula is C11H18N4. The number of hydrogen-bond acceptors (Lipinski definition) is 3. The summed E-state index contributed by atoms with van der Waals surface area (Å²) < 4.78 is 2.01. The molecule has 2 atom stereocenters. The van der Waals surface area contributed by atoms with Gasteiger partial charge in [-0.2, -0.15) is 5.10 Å². The smallest absolute Gasteiger partial charge is 0.0730 e. The van der Waals surface area contributed by atoms with Gasteiger partial charge in [0.2, 0.25) is 0 Å². The Hall–Kier alpha value is -1.03. The van der Waals surface area contributed by atoms with Gasteiger partial charge in [-0.1, -0.05) is 0 Å². The van der Waals surface area contributed by atoms with Gasteiger partial charge in [0.15, 0.2) is 0 Å². The van der Waals surface area contributed by atoms with E-state index < -0.39 is 0 Å². The second kappa shape index (κ2) is 3.23. The van der Waals surface area contributed by atoms with E-state index in [0.29, 0.717) is 0 Å². The Morgan fingerprint density at radius 2 is 2.13 bits per heavy atom. The third kappa shape index (κ3) is 1.63. The number of likely N-dealkylation sites (tertiary alicyclic amines) is 1. The summed E-state index contributed by atoms with van der Waals surface area (Å²) in [6.07, 6.45) is 3.22. The van der Waals surface area contributed by atoms with Crippen molar-refractivity contribution in [2.45, 2.75) is 19.9 Å². The molecule has 15 heavy (non-hydrogen) atoms. The molecule has 1 saturated heterocycles. The zero-order valence-corrected chi connectivity index (χ0v) is 9.19. The molecule has 1 aliphatic heterocycles. The second-order valence-corrected chi connectivity index (χ2v) is 4.92. The van der Waals surface area contributed by atoms with Crippen molar-refractivity contribution in [2.75, 3.05) is 25.4 Å². The van der Waals surface area contributed by atoms with E-state index in [1.165, 1.54) is 19.5 Å². The van der Waals surface area contributed by atoms with Gasteiger partial charge in [0.25, 0.3) is 0 Å². The monoisotopic (exact) mass is 206 g/mol. The van der Waals surface area contributed by atoms with Crippen molar-refractivity contribution in [3.8, 4) is 0 Å². The van der Waals surface area contributed by atoms with Gasteiger partial charge in [-0.3, -0.25) is 4.68 Å². The Kier molecular flexibility index (Phi) is 1.99. The number of hydrogen-bond donors (Lipinski definition) is 1. The van der Waals surface area contributed by atoms with Gasteiger partial charge in [0.05, 0.1) is 24.1 Å². The summed E-state index contributed by atoms with van der Waals surface area (Å²) in [6, 6.07) is 0. The maximum Gasteiger partial charge on any atom is 0.0730 e. The van der Waals surface area contributed by atoms with Crippen LogP contribution in [0, 0.1) is 18.8 Å². The molecule has 0 amide bonds. The molecule has 4 heteroatoms. The van der Waals surface area contributed by atoms with Crippen molar-refractivity contribution < 1.29 is 0 Å². The Bertz CT molecular complexity index is 361. The molecule has 1 aromatic rings. The highest BCUT2D eigenvalue weighted by Crippen LogP contribution is 2.44. The highest BCUT2D eigenvalue weighted by atomic mass is 15.3. The summed E-state index contributed by atoms with van der Waals surface area (Å²) in [6.45, 7) is 6.74. The first-order chi connectivity index (χ1) is 7.24. The number of nitrogen functional groups attached to an aromatic ring is 1. The summed E-state index contributed by atoms with van der Waals surface area (Å²) in [5.74, 6) is 2.04. The molecule has 4 nitrogen and oxygen atoms in total. The SMILES string of the molecule is Cc1c(N)cnn1CCN1CC2CC2C1. The number of anilines is 1. The zero-order valence-electron chi connectivity index (χ0n) is 9.19. The quantitative estimate of drug-likeness (QED) is 0.793. The fourth-order valence-electron chi connectivity index (χ4n) is 2.60. The maximum absolute atomic E-state index is 5.76. The lowest BCUT2D eigenvalue weighted by Crippen LogP contribution is -2.27. The number of nitrogens with two attached hydrogens (primary N) is 1. The van der Waals surface area contributed by atoms with Gasteiger partial charge in [-0.15, -0.1) is 0 Å². The number of fused-ring (bicyclic) bond motifs is 1. The van der Waals surface area contributed by atoms with Crippen molar-refractivity contribution >= 4 is 5.69 Å². The average Bonchev–Trinajstić information content (AvgIpc) is 2.71. The first-order valence-corrected chi connectivity index (χ1v) is 5.74. The van der Waals surface area contributed by atoms with E-state index in [0.717, 1.165) is 36.3 Å². The van der Waals surface area contributed by atoms with Crippen LogP contribution in [0.5, 0.6) is 0 Å². The third-order valence-electron chi connectivity index (χ3n) is 3.82. The summed E-state index contributed by atoms with van der Waals surface area (Å²) in [5.41, 5.74) is 7.66. The minimum absolute atomic E-state index is 0.805. The lowest BCUT2D eigenvalue weighted by Gasteiger charge is -2.17. The van der Waals surface area contributed by atoms with E-state index in [4.69, 9.17) is 5.73 Å². The standard InChI is InChI=1S/C11H18N4/c1-8-11(12)5-13-15(8)3-2-14-6-9-4-10(9)7-14/h5,9-10H,2-4,6-7,12H2,1H3. The molecular weight excluding hydrogens is 188 g/mol. The van der Waals surface area contributed by atoms with E-state index >= 15 is 0 Å². The Labute approximate surface area is 90.0 Å². The molecule has 0 aromatic carbocycles. The first-order valence-electron chi connectivity index (χ1n) is 5.74. The highest BCUT2D eigenvalue weighted by Gasteiger charge is 2.44. The van der Waals surface area contributed by atoms with Crippen LogP contribution in [-0.4, -0.2) is 34.3 Å². The van der Waals surface area contributed by atoms with Crippen LogP contribution in [0.1, 0.15) is 12.1 Å². The van der Waals surface area contributed by atoms with Gasteiger partial charge in [-0.25, -0.2) is 0 Å². The van der Waals surface area contributed by atoms with Crippen LogP contribution >= 0.6 is 0 Å². The lowest BCUT2D eigenvalue weighted by atomic mass is 10.4. The largest absolute Gasteiger partial charge is 0.396 e. The van der Waals surface area contributed by atoms with Crippen molar-refractivity contribution in [3.63, 3.8) is 0 Å². The molecule has 0 spiro atoms. The van der Waals surface area contributed by atoms with Gasteiger partial charge >= 0.3 is 0 Å². The summed E-state index contributed by atoms with van der Waals surface area (Å²) in [7, 11) is 0. The number of piperidine rings is 1. The number of nitrogens with zero attached hydrogens (tertiary/aromatic N) is 3. The van der Waals surface area contributed by atoms with E-state index in [1.807, 2.05) is 11.6 Å². The molecule has 2 fully saturated rings. The third-order valence-corrected chi connectivity index (χ3v) is 3.82. The Morgan fingerprint density at radius 3 is 2.73 bits per heavy atom. The molecule has 2 unspecified atom stereocenters. The zero-order chi connectivity index (χ0) is 10.4. The maximum atomic E-state index is 5.76. The van der Waals surface area contributed by atoms with E-state index in [2.05, 4.69) is 10.00 Å². The summed E-state index contributed by atoms with van der Waals surface area (Å²) in [5, 5.41) is 4.27. The highest BCUT2D eigenvalue weighted by molar-refractivity contribution is 5.39. The molecule has 0 bridgehead atoms. The number of rotatable bonds is 3. The predicted molar refractivity (Wildman–Crippen MR) is 59.4 cm³/mol. The van der Waals surface area contributed by atoms with Crippen molar-refractivity contribution in [3.05, 3.63) is 11.9 Å². The first kappa shape index (κ1) is 9.21. The van der Waals surface area contributed by atoms with Crippen LogP contribution < -0.4 is 5.73 Å². The molecule has 3 rings (SSSR count).